The third kappa shape index (κ3) is 5.19. The zero-order chi connectivity index (χ0) is 19.1. The molecule has 26 heavy (non-hydrogen) atoms. The summed E-state index contributed by atoms with van der Waals surface area (Å²) in [5.41, 5.74) is 2.13. The van der Waals surface area contributed by atoms with Crippen LogP contribution in [0.15, 0.2) is 23.6 Å². The van der Waals surface area contributed by atoms with Crippen molar-refractivity contribution in [3.8, 4) is 0 Å². The normalized spacial score (nSPS) is 10.4. The molecule has 0 aliphatic carbocycles. The number of nitrogens with one attached hydrogen (secondary N) is 2. The van der Waals surface area contributed by atoms with Gasteiger partial charge >= 0.3 is 12.0 Å². The number of carbonyl (C=O) groups excluding carboxylic acids is 3. The minimum Gasteiger partial charge on any atom is -0.452 e. The van der Waals surface area contributed by atoms with Crippen LogP contribution in [0.25, 0.3) is 0 Å². The fourth-order valence-electron chi connectivity index (χ4n) is 2.46. The summed E-state index contributed by atoms with van der Waals surface area (Å²) in [6.45, 7) is 6.30. The standard InChI is InChI=1S/C18H23N3O4S/c1-4-7-19-18(24)20-16(22)11-25-17(23)15-9-12(2)21(13(15)3)10-14-6-5-8-26-14/h5-6,8-9H,4,7,10-11H2,1-3H3,(H2,19,20,22,24). The van der Waals surface area contributed by atoms with Crippen molar-refractivity contribution in [1.82, 2.24) is 15.2 Å². The Morgan fingerprint density at radius 3 is 2.69 bits per heavy atom. The first-order valence-corrected chi connectivity index (χ1v) is 9.24. The Morgan fingerprint density at radius 1 is 1.27 bits per heavy atom. The molecule has 0 aromatic carbocycles. The van der Waals surface area contributed by atoms with E-state index in [0.717, 1.165) is 17.8 Å². The molecule has 0 saturated heterocycles. The van der Waals surface area contributed by atoms with Crippen LogP contribution < -0.4 is 10.6 Å². The summed E-state index contributed by atoms with van der Waals surface area (Å²) in [6.07, 6.45) is 0.762. The third-order valence-electron chi connectivity index (χ3n) is 3.81. The van der Waals surface area contributed by atoms with Gasteiger partial charge in [0.2, 0.25) is 0 Å². The highest BCUT2D eigenvalue weighted by Crippen LogP contribution is 2.19. The van der Waals surface area contributed by atoms with E-state index in [-0.39, 0.29) is 0 Å². The maximum Gasteiger partial charge on any atom is 0.340 e. The molecule has 2 N–H and O–H groups in total. The van der Waals surface area contributed by atoms with Crippen molar-refractivity contribution >= 4 is 29.2 Å². The average molecular weight is 377 g/mol. The fourth-order valence-corrected chi connectivity index (χ4v) is 3.16. The maximum absolute atomic E-state index is 12.3. The van der Waals surface area contributed by atoms with E-state index in [4.69, 9.17) is 4.74 Å². The first-order valence-electron chi connectivity index (χ1n) is 8.36. The van der Waals surface area contributed by atoms with E-state index in [9.17, 15) is 14.4 Å². The molecular formula is C18H23N3O4S. The highest BCUT2D eigenvalue weighted by molar-refractivity contribution is 7.09. The molecule has 0 saturated carbocycles. The molecule has 3 amide bonds. The highest BCUT2D eigenvalue weighted by Gasteiger charge is 2.19. The highest BCUT2D eigenvalue weighted by atomic mass is 32.1. The summed E-state index contributed by atoms with van der Waals surface area (Å²) in [6, 6.07) is 5.17. The number of imide groups is 1. The molecular weight excluding hydrogens is 354 g/mol. The molecule has 0 atom stereocenters. The van der Waals surface area contributed by atoms with Crippen molar-refractivity contribution in [2.45, 2.75) is 33.7 Å². The second-order valence-electron chi connectivity index (χ2n) is 5.83. The first kappa shape index (κ1) is 19.7. The second kappa shape index (κ2) is 9.19. The van der Waals surface area contributed by atoms with Crippen LogP contribution in [0.3, 0.4) is 0 Å². The van der Waals surface area contributed by atoms with Crippen LogP contribution >= 0.6 is 11.3 Å². The number of carbonyl (C=O) groups is 3. The number of aromatic nitrogens is 1. The van der Waals surface area contributed by atoms with E-state index in [1.807, 2.05) is 42.9 Å². The van der Waals surface area contributed by atoms with Gasteiger partial charge in [-0.05, 0) is 37.8 Å². The zero-order valence-corrected chi connectivity index (χ0v) is 15.9. The van der Waals surface area contributed by atoms with Gasteiger partial charge in [-0.15, -0.1) is 11.3 Å². The van der Waals surface area contributed by atoms with Crippen LogP contribution in [0.2, 0.25) is 0 Å². The number of hydrogen-bond donors (Lipinski definition) is 2. The van der Waals surface area contributed by atoms with Crippen LogP contribution in [0.4, 0.5) is 4.79 Å². The van der Waals surface area contributed by atoms with E-state index in [0.29, 0.717) is 18.7 Å². The smallest absolute Gasteiger partial charge is 0.340 e. The van der Waals surface area contributed by atoms with Crippen molar-refractivity contribution in [2.24, 2.45) is 0 Å². The van der Waals surface area contributed by atoms with Crippen molar-refractivity contribution < 1.29 is 19.1 Å². The lowest BCUT2D eigenvalue weighted by Gasteiger charge is -2.09. The molecule has 8 heteroatoms. The topological polar surface area (TPSA) is 89.4 Å². The van der Waals surface area contributed by atoms with Crippen LogP contribution in [0.1, 0.15) is 40.0 Å². The summed E-state index contributed by atoms with van der Waals surface area (Å²) in [7, 11) is 0. The summed E-state index contributed by atoms with van der Waals surface area (Å²) >= 11 is 1.65. The number of nitrogens with zero attached hydrogens (tertiary/aromatic N) is 1. The average Bonchev–Trinajstić information content (AvgIpc) is 3.21. The molecule has 0 bridgehead atoms. The second-order valence-corrected chi connectivity index (χ2v) is 6.86. The predicted octanol–water partition coefficient (Wildman–Crippen LogP) is 2.61. The van der Waals surface area contributed by atoms with Crippen molar-refractivity contribution in [1.29, 1.82) is 0 Å². The lowest BCUT2D eigenvalue weighted by molar-refractivity contribution is -0.123. The van der Waals surface area contributed by atoms with Crippen LogP contribution in [0, 0.1) is 13.8 Å². The van der Waals surface area contributed by atoms with Crippen molar-refractivity contribution in [2.75, 3.05) is 13.2 Å². The largest absolute Gasteiger partial charge is 0.452 e. The molecule has 0 spiro atoms. The Kier molecular flexibility index (Phi) is 6.97. The number of urea groups is 1. The Bertz CT molecular complexity index is 781. The van der Waals surface area contributed by atoms with Gasteiger partial charge in [-0.2, -0.15) is 0 Å². The van der Waals surface area contributed by atoms with Crippen molar-refractivity contribution in [3.63, 3.8) is 0 Å². The maximum atomic E-state index is 12.3. The molecule has 0 radical (unpaired) electrons. The van der Waals surface area contributed by atoms with Gasteiger partial charge in [-0.1, -0.05) is 13.0 Å². The van der Waals surface area contributed by atoms with Crippen LogP contribution in [-0.2, 0) is 16.1 Å². The number of esters is 1. The summed E-state index contributed by atoms with van der Waals surface area (Å²) in [5.74, 6) is -1.25. The number of hydrogen-bond acceptors (Lipinski definition) is 5. The number of rotatable bonds is 7. The van der Waals surface area contributed by atoms with Gasteiger partial charge in [0.1, 0.15) is 0 Å². The molecule has 2 aromatic rings. The summed E-state index contributed by atoms with van der Waals surface area (Å²) in [4.78, 5) is 36.5. The molecule has 0 aliphatic heterocycles. The van der Waals surface area contributed by atoms with Gasteiger partial charge in [0, 0.05) is 22.8 Å². The Morgan fingerprint density at radius 2 is 2.04 bits per heavy atom. The Balaban J connectivity index is 1.93. The predicted molar refractivity (Wildman–Crippen MR) is 99.4 cm³/mol. The fraction of sp³-hybridized carbons (Fsp3) is 0.389. The molecule has 0 unspecified atom stereocenters. The van der Waals surface area contributed by atoms with E-state index in [2.05, 4.69) is 10.6 Å². The Hall–Kier alpha value is -2.61. The lowest BCUT2D eigenvalue weighted by Crippen LogP contribution is -2.41. The molecule has 2 rings (SSSR count). The van der Waals surface area contributed by atoms with Crippen LogP contribution in [0.5, 0.6) is 0 Å². The molecule has 2 heterocycles. The number of amides is 3. The molecule has 0 aliphatic rings. The van der Waals surface area contributed by atoms with Gasteiger partial charge in [0.25, 0.3) is 5.91 Å². The molecule has 140 valence electrons. The molecule has 0 fully saturated rings. The summed E-state index contributed by atoms with van der Waals surface area (Å²) < 4.78 is 7.07. The van der Waals surface area contributed by atoms with E-state index >= 15 is 0 Å². The van der Waals surface area contributed by atoms with Crippen molar-refractivity contribution in [3.05, 3.63) is 45.4 Å². The van der Waals surface area contributed by atoms with Crippen LogP contribution in [-0.4, -0.2) is 35.6 Å². The lowest BCUT2D eigenvalue weighted by atomic mass is 10.2. The van der Waals surface area contributed by atoms with Gasteiger partial charge in [0.05, 0.1) is 12.1 Å². The molecule has 7 nitrogen and oxygen atoms in total. The van der Waals surface area contributed by atoms with E-state index < -0.39 is 24.5 Å². The minimum absolute atomic E-state index is 0.419. The molecule has 2 aromatic heterocycles. The Labute approximate surface area is 156 Å². The number of aryl methyl sites for hydroxylation is 1. The monoisotopic (exact) mass is 377 g/mol. The van der Waals surface area contributed by atoms with E-state index in [1.54, 1.807) is 17.4 Å². The van der Waals surface area contributed by atoms with Gasteiger partial charge in [-0.25, -0.2) is 9.59 Å². The third-order valence-corrected chi connectivity index (χ3v) is 4.67. The number of thiophene rings is 1. The quantitative estimate of drug-likeness (QED) is 0.726. The SMILES string of the molecule is CCCNC(=O)NC(=O)COC(=O)c1cc(C)n(Cc2cccs2)c1C. The number of ether oxygens (including phenoxy) is 1. The van der Waals surface area contributed by atoms with Gasteiger partial charge in [0.15, 0.2) is 6.61 Å². The minimum atomic E-state index is -0.667. The van der Waals surface area contributed by atoms with Gasteiger partial charge in [-0.3, -0.25) is 10.1 Å². The first-order chi connectivity index (χ1) is 12.4. The summed E-state index contributed by atoms with van der Waals surface area (Å²) in [5, 5.41) is 6.63. The van der Waals surface area contributed by atoms with Gasteiger partial charge < -0.3 is 14.6 Å². The zero-order valence-electron chi connectivity index (χ0n) is 15.1. The van der Waals surface area contributed by atoms with E-state index in [1.165, 1.54) is 4.88 Å².